The molecule has 1 fully saturated rings. The van der Waals surface area contributed by atoms with Gasteiger partial charge in [-0.2, -0.15) is 4.39 Å². The second-order valence-electron chi connectivity index (χ2n) is 3.82. The van der Waals surface area contributed by atoms with Crippen molar-refractivity contribution in [3.63, 3.8) is 0 Å². The molecule has 1 amide bonds. The summed E-state index contributed by atoms with van der Waals surface area (Å²) in [7, 11) is 1.49. The van der Waals surface area contributed by atoms with Gasteiger partial charge in [-0.1, -0.05) is 13.8 Å². The van der Waals surface area contributed by atoms with Gasteiger partial charge in [0, 0.05) is 33.2 Å². The number of nitrogens with zero attached hydrogens (tertiary/aromatic N) is 2. The van der Waals surface area contributed by atoms with Crippen molar-refractivity contribution < 1.29 is 9.18 Å². The molecule has 0 saturated carbocycles. The molecule has 19 heavy (non-hydrogen) atoms. The minimum atomic E-state index is -0.590. The first-order valence-electron chi connectivity index (χ1n) is 6.56. The van der Waals surface area contributed by atoms with E-state index in [-0.39, 0.29) is 11.6 Å². The van der Waals surface area contributed by atoms with Gasteiger partial charge in [0.05, 0.1) is 5.69 Å². The average Bonchev–Trinajstić information content (AvgIpc) is 2.49. The van der Waals surface area contributed by atoms with Crippen molar-refractivity contribution in [2.24, 2.45) is 0 Å². The number of hydrogen-bond donors (Lipinski definition) is 2. The highest BCUT2D eigenvalue weighted by Crippen LogP contribution is 2.18. The highest BCUT2D eigenvalue weighted by Gasteiger charge is 2.17. The fraction of sp³-hybridized carbons (Fsp3) is 0.538. The third-order valence-electron chi connectivity index (χ3n) is 2.75. The van der Waals surface area contributed by atoms with Crippen molar-refractivity contribution in [3.8, 4) is 0 Å². The molecule has 0 bridgehead atoms. The molecular weight excluding hydrogens is 247 g/mol. The summed E-state index contributed by atoms with van der Waals surface area (Å²) in [5.41, 5.74) is 0.558. The van der Waals surface area contributed by atoms with Crippen LogP contribution in [0.15, 0.2) is 12.1 Å². The van der Waals surface area contributed by atoms with Crippen LogP contribution in [0, 0.1) is 5.95 Å². The smallest absolute Gasteiger partial charge is 0.269 e. The number of amides is 1. The molecule has 0 unspecified atom stereocenters. The second-order valence-corrected chi connectivity index (χ2v) is 3.82. The summed E-state index contributed by atoms with van der Waals surface area (Å²) in [6, 6.07) is 3.15. The fourth-order valence-corrected chi connectivity index (χ4v) is 1.82. The first kappa shape index (κ1) is 15.4. The molecule has 1 aliphatic rings. The predicted octanol–water partition coefficient (Wildman–Crippen LogP) is 1.02. The van der Waals surface area contributed by atoms with Gasteiger partial charge in [-0.25, -0.2) is 4.98 Å². The summed E-state index contributed by atoms with van der Waals surface area (Å²) in [5.74, 6) is -0.969. The molecule has 1 aromatic heterocycles. The highest BCUT2D eigenvalue weighted by atomic mass is 19.1. The molecular formula is C13H21FN4O. The lowest BCUT2D eigenvalue weighted by atomic mass is 10.2. The molecule has 5 nitrogen and oxygen atoms in total. The normalized spacial score (nSPS) is 14.4. The predicted molar refractivity (Wildman–Crippen MR) is 74.0 cm³/mol. The number of carbonyl (C=O) groups excluding carboxylic acids is 1. The minimum absolute atomic E-state index is 0.101. The van der Waals surface area contributed by atoms with Crippen LogP contribution in [0.2, 0.25) is 0 Å². The van der Waals surface area contributed by atoms with Crippen LogP contribution in [0.1, 0.15) is 24.3 Å². The zero-order chi connectivity index (χ0) is 14.3. The molecule has 2 N–H and O–H groups in total. The number of nitrogens with one attached hydrogen (secondary N) is 2. The maximum absolute atomic E-state index is 13.8. The molecule has 2 heterocycles. The van der Waals surface area contributed by atoms with Gasteiger partial charge < -0.3 is 15.5 Å². The first-order chi connectivity index (χ1) is 9.22. The highest BCUT2D eigenvalue weighted by molar-refractivity contribution is 5.92. The van der Waals surface area contributed by atoms with Crippen molar-refractivity contribution in [2.45, 2.75) is 13.8 Å². The van der Waals surface area contributed by atoms with Gasteiger partial charge in [0.1, 0.15) is 5.69 Å². The van der Waals surface area contributed by atoms with E-state index in [2.05, 4.69) is 15.6 Å². The van der Waals surface area contributed by atoms with E-state index >= 15 is 0 Å². The van der Waals surface area contributed by atoms with E-state index in [0.29, 0.717) is 5.69 Å². The van der Waals surface area contributed by atoms with Gasteiger partial charge in [0.2, 0.25) is 5.95 Å². The Morgan fingerprint density at radius 3 is 2.53 bits per heavy atom. The zero-order valence-electron chi connectivity index (χ0n) is 11.7. The topological polar surface area (TPSA) is 57.3 Å². The van der Waals surface area contributed by atoms with Gasteiger partial charge in [0.15, 0.2) is 0 Å². The summed E-state index contributed by atoms with van der Waals surface area (Å²) in [6.45, 7) is 7.16. The van der Waals surface area contributed by atoms with E-state index < -0.39 is 5.95 Å². The van der Waals surface area contributed by atoms with Crippen LogP contribution < -0.4 is 15.5 Å². The van der Waals surface area contributed by atoms with Gasteiger partial charge in [-0.05, 0) is 12.1 Å². The Morgan fingerprint density at radius 1 is 1.37 bits per heavy atom. The van der Waals surface area contributed by atoms with Gasteiger partial charge in [-0.3, -0.25) is 4.79 Å². The Hall–Kier alpha value is -1.69. The summed E-state index contributed by atoms with van der Waals surface area (Å²) >= 11 is 0. The summed E-state index contributed by atoms with van der Waals surface area (Å²) in [5, 5.41) is 5.61. The Bertz CT molecular complexity index is 419. The van der Waals surface area contributed by atoms with Crippen molar-refractivity contribution >= 4 is 11.6 Å². The molecule has 1 saturated heterocycles. The SMILES string of the molecule is CC.CNC(=O)c1ccc(N2CCNCC2)c(F)n1. The average molecular weight is 268 g/mol. The number of anilines is 1. The molecule has 0 aromatic carbocycles. The Balaban J connectivity index is 0.000000861. The minimum Gasteiger partial charge on any atom is -0.365 e. The van der Waals surface area contributed by atoms with E-state index in [9.17, 15) is 9.18 Å². The standard InChI is InChI=1S/C11H15FN4O.C2H6/c1-13-11(17)8-2-3-9(10(12)15-8)16-6-4-14-5-7-16;1-2/h2-3,14H,4-7H2,1H3,(H,13,17);1-2H3. The van der Waals surface area contributed by atoms with E-state index in [0.717, 1.165) is 26.2 Å². The van der Waals surface area contributed by atoms with Crippen LogP contribution in [0.25, 0.3) is 0 Å². The number of piperazine rings is 1. The lowest BCUT2D eigenvalue weighted by Gasteiger charge is -2.29. The molecule has 6 heteroatoms. The van der Waals surface area contributed by atoms with E-state index in [1.165, 1.54) is 7.05 Å². The number of aromatic nitrogens is 1. The van der Waals surface area contributed by atoms with Crippen LogP contribution in [-0.2, 0) is 0 Å². The zero-order valence-corrected chi connectivity index (χ0v) is 11.7. The Labute approximate surface area is 113 Å². The molecule has 0 radical (unpaired) electrons. The third-order valence-corrected chi connectivity index (χ3v) is 2.75. The largest absolute Gasteiger partial charge is 0.365 e. The third kappa shape index (κ3) is 3.89. The summed E-state index contributed by atoms with van der Waals surface area (Å²) < 4.78 is 13.8. The fourth-order valence-electron chi connectivity index (χ4n) is 1.82. The lowest BCUT2D eigenvalue weighted by Crippen LogP contribution is -2.44. The summed E-state index contributed by atoms with van der Waals surface area (Å²) in [6.07, 6.45) is 0. The quantitative estimate of drug-likeness (QED) is 0.786. The van der Waals surface area contributed by atoms with Crippen LogP contribution in [0.3, 0.4) is 0 Å². The van der Waals surface area contributed by atoms with Gasteiger partial charge in [0.25, 0.3) is 5.91 Å². The van der Waals surface area contributed by atoms with Crippen LogP contribution in [0.4, 0.5) is 10.1 Å². The number of hydrogen-bond acceptors (Lipinski definition) is 4. The molecule has 1 aromatic rings. The molecule has 1 aliphatic heterocycles. The van der Waals surface area contributed by atoms with Crippen molar-refractivity contribution in [1.82, 2.24) is 15.6 Å². The number of carbonyl (C=O) groups is 1. The number of rotatable bonds is 2. The van der Waals surface area contributed by atoms with Crippen molar-refractivity contribution in [3.05, 3.63) is 23.8 Å². The van der Waals surface area contributed by atoms with Gasteiger partial charge in [-0.15, -0.1) is 0 Å². The molecule has 106 valence electrons. The Kier molecular flexibility index (Phi) is 6.21. The van der Waals surface area contributed by atoms with Gasteiger partial charge >= 0.3 is 0 Å². The number of halogens is 1. The second kappa shape index (κ2) is 7.68. The van der Waals surface area contributed by atoms with E-state index in [4.69, 9.17) is 0 Å². The lowest BCUT2D eigenvalue weighted by molar-refractivity contribution is 0.0957. The van der Waals surface area contributed by atoms with Crippen LogP contribution >= 0.6 is 0 Å². The van der Waals surface area contributed by atoms with Crippen molar-refractivity contribution in [2.75, 3.05) is 38.1 Å². The van der Waals surface area contributed by atoms with E-state index in [1.54, 1.807) is 12.1 Å². The molecule has 2 rings (SSSR count). The first-order valence-corrected chi connectivity index (χ1v) is 6.56. The number of pyridine rings is 1. The molecule has 0 aliphatic carbocycles. The summed E-state index contributed by atoms with van der Waals surface area (Å²) in [4.78, 5) is 16.9. The van der Waals surface area contributed by atoms with Crippen LogP contribution in [-0.4, -0.2) is 44.1 Å². The van der Waals surface area contributed by atoms with Crippen molar-refractivity contribution in [1.29, 1.82) is 0 Å². The molecule has 0 atom stereocenters. The maximum atomic E-state index is 13.8. The van der Waals surface area contributed by atoms with Crippen LogP contribution in [0.5, 0.6) is 0 Å². The molecule has 0 spiro atoms. The maximum Gasteiger partial charge on any atom is 0.269 e. The monoisotopic (exact) mass is 268 g/mol. The van der Waals surface area contributed by atoms with E-state index in [1.807, 2.05) is 18.7 Å². The Morgan fingerprint density at radius 2 is 2.00 bits per heavy atom.